The molecule has 0 aromatic carbocycles. The minimum Gasteiger partial charge on any atom is -0.478 e. The van der Waals surface area contributed by atoms with Crippen LogP contribution in [0.2, 0.25) is 0 Å². The van der Waals surface area contributed by atoms with E-state index < -0.39 is 5.97 Å². The van der Waals surface area contributed by atoms with E-state index in [9.17, 15) is 9.59 Å². The van der Waals surface area contributed by atoms with Crippen LogP contribution in [0, 0.1) is 0 Å². The SMILES string of the molecule is C=C(C)C(=O)O.O=C1CCCC1. The highest BCUT2D eigenvalue weighted by Crippen LogP contribution is 2.11. The Balaban J connectivity index is 0.000000202. The minimum absolute atomic E-state index is 0.176. The number of Topliss-reactive ketones (excluding diaryl/α,β-unsaturated/α-hetero) is 1. The van der Waals surface area contributed by atoms with Crippen molar-refractivity contribution >= 4 is 11.8 Å². The Morgan fingerprint density at radius 3 is 1.83 bits per heavy atom. The summed E-state index contributed by atoms with van der Waals surface area (Å²) < 4.78 is 0. The van der Waals surface area contributed by atoms with Gasteiger partial charge in [0.25, 0.3) is 0 Å². The molecule has 0 unspecified atom stereocenters. The Bertz CT molecular complexity index is 174. The molecule has 1 aliphatic carbocycles. The van der Waals surface area contributed by atoms with Crippen LogP contribution in [-0.4, -0.2) is 16.9 Å². The van der Waals surface area contributed by atoms with Gasteiger partial charge < -0.3 is 5.11 Å². The molecule has 3 nitrogen and oxygen atoms in total. The van der Waals surface area contributed by atoms with Crippen molar-refractivity contribution in [3.05, 3.63) is 12.2 Å². The number of rotatable bonds is 1. The van der Waals surface area contributed by atoms with Gasteiger partial charge in [-0.05, 0) is 19.8 Å². The number of ketones is 1. The minimum atomic E-state index is -0.935. The van der Waals surface area contributed by atoms with Gasteiger partial charge in [0.1, 0.15) is 5.78 Å². The molecular weight excluding hydrogens is 156 g/mol. The van der Waals surface area contributed by atoms with Crippen molar-refractivity contribution in [1.29, 1.82) is 0 Å². The molecule has 0 aromatic heterocycles. The van der Waals surface area contributed by atoms with Gasteiger partial charge in [0.2, 0.25) is 0 Å². The third-order valence-corrected chi connectivity index (χ3v) is 1.53. The van der Waals surface area contributed by atoms with Crippen LogP contribution in [0.15, 0.2) is 12.2 Å². The van der Waals surface area contributed by atoms with Gasteiger partial charge in [-0.15, -0.1) is 0 Å². The molecule has 0 saturated heterocycles. The monoisotopic (exact) mass is 170 g/mol. The molecule has 12 heavy (non-hydrogen) atoms. The number of carboxylic acid groups (broad SMARTS) is 1. The molecule has 0 aliphatic heterocycles. The van der Waals surface area contributed by atoms with Crippen molar-refractivity contribution in [2.75, 3.05) is 0 Å². The standard InChI is InChI=1S/C5H8O.C4H6O2/c6-5-3-1-2-4-5;1-3(2)4(5)6/h1-4H2;1H2,2H3,(H,5,6). The van der Waals surface area contributed by atoms with Gasteiger partial charge in [-0.1, -0.05) is 6.58 Å². The maximum atomic E-state index is 10.2. The first kappa shape index (κ1) is 10.9. The van der Waals surface area contributed by atoms with Crippen LogP contribution in [0.25, 0.3) is 0 Å². The van der Waals surface area contributed by atoms with Crippen LogP contribution in [-0.2, 0) is 9.59 Å². The number of aliphatic carboxylic acids is 1. The molecule has 1 aliphatic rings. The second-order valence-electron chi connectivity index (χ2n) is 2.83. The normalized spacial score (nSPS) is 14.9. The molecule has 1 N–H and O–H groups in total. The predicted molar refractivity (Wildman–Crippen MR) is 45.9 cm³/mol. The number of carboxylic acids is 1. The summed E-state index contributed by atoms with van der Waals surface area (Å²) in [5, 5.41) is 7.89. The Morgan fingerprint density at radius 1 is 1.42 bits per heavy atom. The largest absolute Gasteiger partial charge is 0.478 e. The van der Waals surface area contributed by atoms with Gasteiger partial charge in [-0.2, -0.15) is 0 Å². The van der Waals surface area contributed by atoms with Crippen LogP contribution >= 0.6 is 0 Å². The van der Waals surface area contributed by atoms with Crippen LogP contribution < -0.4 is 0 Å². The van der Waals surface area contributed by atoms with E-state index in [4.69, 9.17) is 5.11 Å². The Morgan fingerprint density at radius 2 is 1.75 bits per heavy atom. The van der Waals surface area contributed by atoms with Crippen molar-refractivity contribution in [1.82, 2.24) is 0 Å². The summed E-state index contributed by atoms with van der Waals surface area (Å²) in [5.41, 5.74) is 0.176. The van der Waals surface area contributed by atoms with E-state index in [2.05, 4.69) is 6.58 Å². The lowest BCUT2D eigenvalue weighted by Gasteiger charge is -1.79. The van der Waals surface area contributed by atoms with E-state index in [1.165, 1.54) is 6.92 Å². The number of carbonyl (C=O) groups is 2. The lowest BCUT2D eigenvalue weighted by molar-refractivity contribution is -0.132. The zero-order valence-corrected chi connectivity index (χ0v) is 7.30. The number of hydrogen-bond donors (Lipinski definition) is 1. The molecule has 1 fully saturated rings. The second-order valence-corrected chi connectivity index (χ2v) is 2.83. The maximum Gasteiger partial charge on any atom is 0.330 e. The Hall–Kier alpha value is -1.12. The molecule has 1 rings (SSSR count). The van der Waals surface area contributed by atoms with Crippen molar-refractivity contribution in [3.8, 4) is 0 Å². The second kappa shape index (κ2) is 5.52. The molecule has 1 saturated carbocycles. The summed E-state index contributed by atoms with van der Waals surface area (Å²) >= 11 is 0. The predicted octanol–water partition coefficient (Wildman–Crippen LogP) is 1.78. The van der Waals surface area contributed by atoms with Crippen molar-refractivity contribution in [2.45, 2.75) is 32.6 Å². The van der Waals surface area contributed by atoms with Gasteiger partial charge >= 0.3 is 5.97 Å². The molecule has 0 bridgehead atoms. The fourth-order valence-corrected chi connectivity index (χ4v) is 0.769. The summed E-state index contributed by atoms with van der Waals surface area (Å²) in [6, 6.07) is 0. The van der Waals surface area contributed by atoms with Crippen molar-refractivity contribution in [3.63, 3.8) is 0 Å². The van der Waals surface area contributed by atoms with Gasteiger partial charge in [0, 0.05) is 18.4 Å². The zero-order chi connectivity index (χ0) is 9.56. The average Bonchev–Trinajstić information content (AvgIpc) is 2.40. The van der Waals surface area contributed by atoms with E-state index in [1.54, 1.807) is 0 Å². The first-order chi connectivity index (χ1) is 5.54. The quantitative estimate of drug-likeness (QED) is 0.610. The smallest absolute Gasteiger partial charge is 0.330 e. The average molecular weight is 170 g/mol. The fourth-order valence-electron chi connectivity index (χ4n) is 0.769. The van der Waals surface area contributed by atoms with E-state index in [1.807, 2.05) is 0 Å². The summed E-state index contributed by atoms with van der Waals surface area (Å²) in [5.74, 6) is -0.481. The molecule has 0 atom stereocenters. The van der Waals surface area contributed by atoms with Gasteiger partial charge in [0.15, 0.2) is 0 Å². The van der Waals surface area contributed by atoms with E-state index in [0.29, 0.717) is 5.78 Å². The van der Waals surface area contributed by atoms with Crippen LogP contribution in [0.5, 0.6) is 0 Å². The Kier molecular flexibility index (Phi) is 5.00. The maximum absolute atomic E-state index is 10.2. The van der Waals surface area contributed by atoms with Crippen LogP contribution in [0.3, 0.4) is 0 Å². The van der Waals surface area contributed by atoms with Crippen LogP contribution in [0.1, 0.15) is 32.6 Å². The number of hydrogen-bond acceptors (Lipinski definition) is 2. The third kappa shape index (κ3) is 5.65. The third-order valence-electron chi connectivity index (χ3n) is 1.53. The molecule has 0 aromatic rings. The molecule has 68 valence electrons. The zero-order valence-electron chi connectivity index (χ0n) is 7.30. The summed E-state index contributed by atoms with van der Waals surface area (Å²) in [6.45, 7) is 4.60. The highest BCUT2D eigenvalue weighted by Gasteiger charge is 2.07. The first-order valence-electron chi connectivity index (χ1n) is 3.94. The van der Waals surface area contributed by atoms with Gasteiger partial charge in [0.05, 0.1) is 0 Å². The van der Waals surface area contributed by atoms with Gasteiger partial charge in [-0.3, -0.25) is 4.79 Å². The molecular formula is C9H14O3. The molecule has 3 heteroatoms. The fraction of sp³-hybridized carbons (Fsp3) is 0.556. The van der Waals surface area contributed by atoms with E-state index in [0.717, 1.165) is 25.7 Å². The lowest BCUT2D eigenvalue weighted by Crippen LogP contribution is -1.92. The topological polar surface area (TPSA) is 54.4 Å². The number of carbonyl (C=O) groups excluding carboxylic acids is 1. The first-order valence-corrected chi connectivity index (χ1v) is 3.94. The molecule has 0 heterocycles. The van der Waals surface area contributed by atoms with Crippen molar-refractivity contribution < 1.29 is 14.7 Å². The molecule has 0 spiro atoms. The van der Waals surface area contributed by atoms with E-state index >= 15 is 0 Å². The molecule has 0 amide bonds. The summed E-state index contributed by atoms with van der Waals surface area (Å²) in [4.78, 5) is 19.8. The van der Waals surface area contributed by atoms with Crippen molar-refractivity contribution in [2.24, 2.45) is 0 Å². The highest BCUT2D eigenvalue weighted by molar-refractivity contribution is 5.84. The Labute approximate surface area is 72.1 Å². The molecule has 0 radical (unpaired) electrons. The van der Waals surface area contributed by atoms with Crippen LogP contribution in [0.4, 0.5) is 0 Å². The van der Waals surface area contributed by atoms with E-state index in [-0.39, 0.29) is 5.57 Å². The summed E-state index contributed by atoms with van der Waals surface area (Å²) in [6.07, 6.45) is 3.97. The summed E-state index contributed by atoms with van der Waals surface area (Å²) in [7, 11) is 0. The lowest BCUT2D eigenvalue weighted by atomic mass is 10.4. The van der Waals surface area contributed by atoms with Gasteiger partial charge in [-0.25, -0.2) is 4.79 Å². The highest BCUT2D eigenvalue weighted by atomic mass is 16.4.